The van der Waals surface area contributed by atoms with E-state index in [0.717, 1.165) is 40.7 Å². The van der Waals surface area contributed by atoms with Gasteiger partial charge in [-0.25, -0.2) is 4.79 Å². The van der Waals surface area contributed by atoms with Crippen molar-refractivity contribution in [3.8, 4) is 22.6 Å². The lowest BCUT2D eigenvalue weighted by Crippen LogP contribution is -2.40. The van der Waals surface area contributed by atoms with Crippen LogP contribution < -0.4 is 26.2 Å². The van der Waals surface area contributed by atoms with E-state index >= 15 is 0 Å². The summed E-state index contributed by atoms with van der Waals surface area (Å²) in [4.78, 5) is 56.7. The number of fused-ring (bicyclic) bond motifs is 1. The molecule has 58 heavy (non-hydrogen) atoms. The number of anilines is 2. The summed E-state index contributed by atoms with van der Waals surface area (Å²) < 4.78 is 11.4. The van der Waals surface area contributed by atoms with Crippen molar-refractivity contribution in [3.05, 3.63) is 119 Å². The number of piperidine rings is 1. The number of likely N-dealkylation sites (tertiary alicyclic amines) is 1. The van der Waals surface area contributed by atoms with Crippen molar-refractivity contribution in [1.82, 2.24) is 20.1 Å². The van der Waals surface area contributed by atoms with E-state index in [1.54, 1.807) is 37.3 Å². The van der Waals surface area contributed by atoms with Crippen molar-refractivity contribution in [3.63, 3.8) is 0 Å². The van der Waals surface area contributed by atoms with Crippen LogP contribution in [0.2, 0.25) is 0 Å². The molecule has 1 aromatic heterocycles. The predicted molar refractivity (Wildman–Crippen MR) is 226 cm³/mol. The number of nitrogens with zero attached hydrogens (tertiary/aromatic N) is 2. The van der Waals surface area contributed by atoms with Crippen LogP contribution in [0.4, 0.5) is 16.2 Å². The maximum atomic E-state index is 12.9. The summed E-state index contributed by atoms with van der Waals surface area (Å²) in [5.41, 5.74) is 5.37. The fraction of sp³-hybridized carbons (Fsp3) is 0.333. The number of hydrogen-bond acceptors (Lipinski definition) is 9. The third-order valence-electron chi connectivity index (χ3n) is 10.4. The minimum atomic E-state index is -0.468. The molecule has 1 fully saturated rings. The fourth-order valence-corrected chi connectivity index (χ4v) is 7.20. The van der Waals surface area contributed by atoms with Gasteiger partial charge >= 0.3 is 6.09 Å². The topological polar surface area (TPSA) is 165 Å². The summed E-state index contributed by atoms with van der Waals surface area (Å²) in [5.74, 6) is 0.566. The lowest BCUT2D eigenvalue weighted by atomic mass is 10.0. The number of rotatable bonds is 17. The molecule has 3 amide bonds. The van der Waals surface area contributed by atoms with E-state index in [9.17, 15) is 24.3 Å². The Bertz CT molecular complexity index is 2240. The molecule has 0 aliphatic carbocycles. The van der Waals surface area contributed by atoms with Gasteiger partial charge < -0.3 is 40.0 Å². The van der Waals surface area contributed by atoms with Crippen molar-refractivity contribution in [1.29, 1.82) is 0 Å². The van der Waals surface area contributed by atoms with Crippen LogP contribution in [-0.2, 0) is 27.3 Å². The Balaban J connectivity index is 0.850. The van der Waals surface area contributed by atoms with E-state index in [0.29, 0.717) is 80.9 Å². The van der Waals surface area contributed by atoms with Gasteiger partial charge in [-0.2, -0.15) is 0 Å². The number of carbonyl (C=O) groups is 3. The first-order chi connectivity index (χ1) is 28.2. The number of aromatic nitrogens is 1. The molecule has 13 heteroatoms. The quantitative estimate of drug-likeness (QED) is 0.0660. The largest absolute Gasteiger partial charge is 0.506 e. The first-order valence-corrected chi connectivity index (χ1v) is 19.8. The molecule has 1 aliphatic heterocycles. The number of aromatic amines is 1. The average molecular weight is 789 g/mol. The number of amides is 3. The van der Waals surface area contributed by atoms with E-state index in [2.05, 4.69) is 25.8 Å². The molecule has 0 radical (unpaired) electrons. The first kappa shape index (κ1) is 41.5. The Morgan fingerprint density at radius 2 is 1.66 bits per heavy atom. The highest BCUT2D eigenvalue weighted by molar-refractivity contribution is 5.92. The SMILES string of the molecule is COc1cc(NC(=O)CCCN(C)C(=O)CCN2CCC(OC(=O)Nc3ccccc3-c3ccccc3)CC2)ccc1CNCCc1ccc(O)c2[nH]c(=O)ccc12. The van der Waals surface area contributed by atoms with Crippen molar-refractivity contribution in [2.24, 2.45) is 0 Å². The molecular weight excluding hydrogens is 737 g/mol. The summed E-state index contributed by atoms with van der Waals surface area (Å²) in [6, 6.07) is 29.7. The zero-order valence-corrected chi connectivity index (χ0v) is 33.1. The highest BCUT2D eigenvalue weighted by Gasteiger charge is 2.24. The summed E-state index contributed by atoms with van der Waals surface area (Å²) in [5, 5.41) is 20.2. The molecule has 0 bridgehead atoms. The summed E-state index contributed by atoms with van der Waals surface area (Å²) >= 11 is 0. The van der Waals surface area contributed by atoms with Crippen LogP contribution in [0.25, 0.3) is 22.0 Å². The Kier molecular flexibility index (Phi) is 14.5. The van der Waals surface area contributed by atoms with Gasteiger partial charge in [-0.3, -0.25) is 19.7 Å². The van der Waals surface area contributed by atoms with Gasteiger partial charge in [0, 0.05) is 86.9 Å². The van der Waals surface area contributed by atoms with Gasteiger partial charge in [-0.05, 0) is 67.6 Å². The maximum Gasteiger partial charge on any atom is 0.411 e. The number of carbonyl (C=O) groups excluding carboxylic acids is 3. The van der Waals surface area contributed by atoms with E-state index in [1.165, 1.54) is 6.07 Å². The molecule has 304 valence electrons. The summed E-state index contributed by atoms with van der Waals surface area (Å²) in [7, 11) is 3.36. The molecule has 0 atom stereocenters. The molecule has 1 aliphatic rings. The third kappa shape index (κ3) is 11.5. The molecule has 5 aromatic rings. The van der Waals surface area contributed by atoms with Crippen LogP contribution in [0.15, 0.2) is 102 Å². The predicted octanol–water partition coefficient (Wildman–Crippen LogP) is 6.52. The molecular formula is C45H52N6O7. The lowest BCUT2D eigenvalue weighted by molar-refractivity contribution is -0.130. The van der Waals surface area contributed by atoms with Crippen LogP contribution in [0, 0.1) is 0 Å². The average Bonchev–Trinajstić information content (AvgIpc) is 3.23. The van der Waals surface area contributed by atoms with Gasteiger partial charge in [-0.1, -0.05) is 60.7 Å². The van der Waals surface area contributed by atoms with Gasteiger partial charge in [0.1, 0.15) is 17.6 Å². The Morgan fingerprint density at radius 1 is 0.897 bits per heavy atom. The standard InChI is InChI=1S/C45H52N6O7/c1-50(43(55)23-28-51-26-21-35(22-27-51)58-45(56)48-38-12-7-6-11-36(38)31-9-4-3-5-10-31)25-8-13-41(53)47-34-16-14-33(40(29-34)57-2)30-46-24-20-32-15-18-39(52)44-37(32)17-19-42(54)49-44/h3-7,9-12,14-19,29,35,46,52H,8,13,20-28,30H2,1-2H3,(H,47,53)(H,48,56)(H,49,54). The van der Waals surface area contributed by atoms with Crippen molar-refractivity contribution < 1.29 is 29.0 Å². The highest BCUT2D eigenvalue weighted by atomic mass is 16.6. The number of hydrogen-bond donors (Lipinski definition) is 5. The molecule has 2 heterocycles. The monoisotopic (exact) mass is 788 g/mol. The van der Waals surface area contributed by atoms with Crippen LogP contribution in [-0.4, -0.2) is 90.8 Å². The lowest BCUT2D eigenvalue weighted by Gasteiger charge is -2.31. The molecule has 4 aromatic carbocycles. The fourth-order valence-electron chi connectivity index (χ4n) is 7.20. The van der Waals surface area contributed by atoms with Crippen LogP contribution in [0.5, 0.6) is 11.5 Å². The smallest absolute Gasteiger partial charge is 0.411 e. The zero-order chi connectivity index (χ0) is 40.9. The highest BCUT2D eigenvalue weighted by Crippen LogP contribution is 2.29. The Hall–Kier alpha value is -6.18. The number of pyridine rings is 1. The number of ether oxygens (including phenoxy) is 2. The number of phenolic OH excluding ortho intramolecular Hbond substituents is 1. The van der Waals surface area contributed by atoms with Crippen LogP contribution in [0.1, 0.15) is 43.2 Å². The second-order valence-corrected chi connectivity index (χ2v) is 14.5. The van der Waals surface area contributed by atoms with Gasteiger partial charge in [0.05, 0.1) is 18.3 Å². The molecule has 5 N–H and O–H groups in total. The van der Waals surface area contributed by atoms with Crippen molar-refractivity contribution in [2.75, 3.05) is 57.5 Å². The van der Waals surface area contributed by atoms with Gasteiger partial charge in [-0.15, -0.1) is 0 Å². The number of para-hydroxylation sites is 1. The van der Waals surface area contributed by atoms with Crippen LogP contribution >= 0.6 is 0 Å². The molecule has 0 unspecified atom stereocenters. The second kappa shape index (κ2) is 20.3. The van der Waals surface area contributed by atoms with Gasteiger partial charge in [0.2, 0.25) is 17.4 Å². The van der Waals surface area contributed by atoms with Crippen LogP contribution in [0.3, 0.4) is 0 Å². The first-order valence-electron chi connectivity index (χ1n) is 19.8. The number of phenols is 1. The van der Waals surface area contributed by atoms with Gasteiger partial charge in [0.15, 0.2) is 0 Å². The minimum Gasteiger partial charge on any atom is -0.506 e. The summed E-state index contributed by atoms with van der Waals surface area (Å²) in [6.07, 6.45) is 2.60. The van der Waals surface area contributed by atoms with E-state index in [4.69, 9.17) is 9.47 Å². The maximum absolute atomic E-state index is 12.9. The second-order valence-electron chi connectivity index (χ2n) is 14.5. The number of methoxy groups -OCH3 is 1. The third-order valence-corrected chi connectivity index (χ3v) is 10.4. The summed E-state index contributed by atoms with van der Waals surface area (Å²) in [6.45, 7) is 3.76. The minimum absolute atomic E-state index is 0.0249. The molecule has 0 saturated carbocycles. The van der Waals surface area contributed by atoms with Gasteiger partial charge in [0.25, 0.3) is 0 Å². The molecule has 6 rings (SSSR count). The molecule has 1 saturated heterocycles. The Morgan fingerprint density at radius 3 is 2.45 bits per heavy atom. The number of aromatic hydroxyl groups is 1. The van der Waals surface area contributed by atoms with Crippen molar-refractivity contribution in [2.45, 2.75) is 51.2 Å². The number of nitrogens with one attached hydrogen (secondary N) is 4. The normalized spacial score (nSPS) is 13.2. The molecule has 0 spiro atoms. The van der Waals surface area contributed by atoms with E-state index in [-0.39, 0.29) is 35.6 Å². The Labute approximate surface area is 338 Å². The zero-order valence-electron chi connectivity index (χ0n) is 33.1. The van der Waals surface area contributed by atoms with Crippen molar-refractivity contribution >= 4 is 40.2 Å². The van der Waals surface area contributed by atoms with E-state index in [1.807, 2.05) is 72.8 Å². The van der Waals surface area contributed by atoms with E-state index < -0.39 is 6.09 Å². The number of benzene rings is 4. The molecule has 13 nitrogen and oxygen atoms in total. The number of H-pyrrole nitrogens is 1.